The van der Waals surface area contributed by atoms with Gasteiger partial charge in [-0.15, -0.1) is 0 Å². The van der Waals surface area contributed by atoms with Crippen LogP contribution in [0.4, 0.5) is 0 Å². The van der Waals surface area contributed by atoms with Crippen molar-refractivity contribution in [1.29, 1.82) is 5.26 Å². The van der Waals surface area contributed by atoms with Crippen molar-refractivity contribution in [1.82, 2.24) is 14.7 Å². The van der Waals surface area contributed by atoms with Gasteiger partial charge in [0.1, 0.15) is 11.9 Å². The van der Waals surface area contributed by atoms with E-state index in [0.717, 1.165) is 0 Å². The van der Waals surface area contributed by atoms with Crippen LogP contribution >= 0.6 is 0 Å². The second-order valence-corrected chi connectivity index (χ2v) is 6.66. The molecule has 2 atom stereocenters. The fraction of sp³-hybridized carbons (Fsp3) is 0.545. The van der Waals surface area contributed by atoms with E-state index >= 15 is 0 Å². The molecule has 17 heavy (non-hydrogen) atoms. The maximum Gasteiger partial charge on any atom is 0.145 e. The molecule has 0 saturated carbocycles. The summed E-state index contributed by atoms with van der Waals surface area (Å²) >= 11 is 0. The van der Waals surface area contributed by atoms with Gasteiger partial charge in [0, 0.05) is 12.4 Å². The van der Waals surface area contributed by atoms with E-state index in [1.54, 1.807) is 0 Å². The van der Waals surface area contributed by atoms with E-state index in [4.69, 9.17) is 5.26 Å². The lowest BCUT2D eigenvalue weighted by atomic mass is 10.3. The Hall–Kier alpha value is -1.32. The second kappa shape index (κ2) is 5.34. The summed E-state index contributed by atoms with van der Waals surface area (Å²) in [6.07, 6.45) is 2.92. The van der Waals surface area contributed by atoms with E-state index in [-0.39, 0.29) is 10.8 Å². The van der Waals surface area contributed by atoms with Crippen molar-refractivity contribution in [2.24, 2.45) is 0 Å². The largest absolute Gasteiger partial charge is 0.242 e. The van der Waals surface area contributed by atoms with Gasteiger partial charge in [-0.25, -0.2) is 18.9 Å². The maximum atomic E-state index is 11.9. The Morgan fingerprint density at radius 1 is 1.41 bits per heavy atom. The van der Waals surface area contributed by atoms with Gasteiger partial charge in [0.25, 0.3) is 0 Å². The van der Waals surface area contributed by atoms with Crippen LogP contribution in [0, 0.1) is 11.3 Å². The Kier molecular flexibility index (Phi) is 4.32. The first-order valence-electron chi connectivity index (χ1n) is 5.24. The second-order valence-electron chi connectivity index (χ2n) is 4.66. The van der Waals surface area contributed by atoms with Gasteiger partial charge in [-0.3, -0.25) is 0 Å². The zero-order chi connectivity index (χ0) is 13.1. The molecule has 0 amide bonds. The number of nitriles is 1. The summed E-state index contributed by atoms with van der Waals surface area (Å²) in [5.74, 6) is 0.529. The summed E-state index contributed by atoms with van der Waals surface area (Å²) in [4.78, 5) is 8.11. The van der Waals surface area contributed by atoms with E-state index in [1.807, 2.05) is 33.8 Å². The van der Waals surface area contributed by atoms with Crippen molar-refractivity contribution in [3.8, 4) is 6.07 Å². The lowest BCUT2D eigenvalue weighted by Gasteiger charge is -2.21. The normalized spacial score (nSPS) is 15.0. The quantitative estimate of drug-likeness (QED) is 0.883. The zero-order valence-electron chi connectivity index (χ0n) is 10.4. The van der Waals surface area contributed by atoms with E-state index in [9.17, 15) is 4.21 Å². The van der Waals surface area contributed by atoms with Crippen LogP contribution in [-0.2, 0) is 11.0 Å². The summed E-state index contributed by atoms with van der Waals surface area (Å²) in [5, 5.41) is 8.62. The van der Waals surface area contributed by atoms with E-state index in [0.29, 0.717) is 11.4 Å². The highest BCUT2D eigenvalue weighted by molar-refractivity contribution is 7.84. The molecule has 1 rings (SSSR count). The lowest BCUT2D eigenvalue weighted by Crippen LogP contribution is -2.35. The molecule has 1 heterocycles. The lowest BCUT2D eigenvalue weighted by molar-refractivity contribution is 0.604. The SMILES string of the molecule is C[C@@H](NS(=O)C(C)(C)C)c1ncc(C#N)cn1. The van der Waals surface area contributed by atoms with Crippen LogP contribution in [-0.4, -0.2) is 18.9 Å². The first-order chi connectivity index (χ1) is 7.84. The molecule has 6 heteroatoms. The van der Waals surface area contributed by atoms with Gasteiger partial charge in [0.2, 0.25) is 0 Å². The number of rotatable bonds is 3. The van der Waals surface area contributed by atoms with Crippen molar-refractivity contribution in [3.63, 3.8) is 0 Å². The predicted molar refractivity (Wildman–Crippen MR) is 66.2 cm³/mol. The highest BCUT2D eigenvalue weighted by atomic mass is 32.2. The van der Waals surface area contributed by atoms with Crippen molar-refractivity contribution in [2.75, 3.05) is 0 Å². The Balaban J connectivity index is 2.74. The van der Waals surface area contributed by atoms with Gasteiger partial charge in [-0.2, -0.15) is 5.26 Å². The molecule has 0 aromatic carbocycles. The monoisotopic (exact) mass is 252 g/mol. The molecule has 1 aromatic heterocycles. The van der Waals surface area contributed by atoms with Crippen molar-refractivity contribution < 1.29 is 4.21 Å². The Morgan fingerprint density at radius 2 is 1.94 bits per heavy atom. The number of hydrogen-bond acceptors (Lipinski definition) is 4. The summed E-state index contributed by atoms with van der Waals surface area (Å²) in [6, 6.07) is 1.73. The van der Waals surface area contributed by atoms with Crippen molar-refractivity contribution in [3.05, 3.63) is 23.8 Å². The molecule has 1 unspecified atom stereocenters. The van der Waals surface area contributed by atoms with E-state index in [1.165, 1.54) is 12.4 Å². The number of nitrogens with one attached hydrogen (secondary N) is 1. The summed E-state index contributed by atoms with van der Waals surface area (Å²) < 4.78 is 14.5. The van der Waals surface area contributed by atoms with Crippen LogP contribution in [0.1, 0.15) is 45.1 Å². The fourth-order valence-corrected chi connectivity index (χ4v) is 1.79. The summed E-state index contributed by atoms with van der Waals surface area (Å²) in [5.41, 5.74) is 0.415. The van der Waals surface area contributed by atoms with Gasteiger partial charge >= 0.3 is 0 Å². The first kappa shape index (κ1) is 13.7. The maximum absolute atomic E-state index is 11.9. The van der Waals surface area contributed by atoms with Crippen molar-refractivity contribution in [2.45, 2.75) is 38.5 Å². The third-order valence-corrected chi connectivity index (χ3v) is 3.71. The zero-order valence-corrected chi connectivity index (χ0v) is 11.2. The molecule has 1 N–H and O–H groups in total. The van der Waals surface area contributed by atoms with Crippen LogP contribution in [0.15, 0.2) is 12.4 Å². The van der Waals surface area contributed by atoms with Crippen LogP contribution < -0.4 is 4.72 Å². The average molecular weight is 252 g/mol. The molecule has 0 radical (unpaired) electrons. The molecule has 0 fully saturated rings. The first-order valence-corrected chi connectivity index (χ1v) is 6.39. The molecular weight excluding hydrogens is 236 g/mol. The Bertz CT molecular complexity index is 444. The summed E-state index contributed by atoms with van der Waals surface area (Å²) in [6.45, 7) is 7.51. The Morgan fingerprint density at radius 3 is 2.35 bits per heavy atom. The highest BCUT2D eigenvalue weighted by Crippen LogP contribution is 2.14. The predicted octanol–water partition coefficient (Wildman–Crippen LogP) is 1.46. The molecule has 0 aliphatic carbocycles. The summed E-state index contributed by atoms with van der Waals surface area (Å²) in [7, 11) is -1.17. The van der Waals surface area contributed by atoms with Gasteiger partial charge in [0.05, 0.1) is 27.3 Å². The number of nitrogens with zero attached hydrogens (tertiary/aromatic N) is 3. The number of hydrogen-bond donors (Lipinski definition) is 1. The topological polar surface area (TPSA) is 78.7 Å². The van der Waals surface area contributed by atoms with Gasteiger partial charge in [-0.05, 0) is 27.7 Å². The van der Waals surface area contributed by atoms with Crippen LogP contribution in [0.25, 0.3) is 0 Å². The molecule has 1 aromatic rings. The molecule has 0 saturated heterocycles. The van der Waals surface area contributed by atoms with Crippen LogP contribution in [0.3, 0.4) is 0 Å². The molecule has 92 valence electrons. The van der Waals surface area contributed by atoms with E-state index < -0.39 is 11.0 Å². The van der Waals surface area contributed by atoms with Gasteiger partial charge in [-0.1, -0.05) is 0 Å². The third kappa shape index (κ3) is 3.88. The standard InChI is InChI=1S/C11H16N4OS/c1-8(15-17(16)11(2,3)4)10-13-6-9(5-12)7-14-10/h6-8,15H,1-4H3/t8-,17?/m1/s1. The molecule has 0 aliphatic heterocycles. The van der Waals surface area contributed by atoms with Crippen LogP contribution in [0.5, 0.6) is 0 Å². The third-order valence-electron chi connectivity index (χ3n) is 2.03. The fourth-order valence-electron chi connectivity index (χ4n) is 1.01. The molecule has 5 nitrogen and oxygen atoms in total. The molecular formula is C11H16N4OS. The minimum absolute atomic E-state index is 0.220. The average Bonchev–Trinajstić information content (AvgIpc) is 2.27. The van der Waals surface area contributed by atoms with E-state index in [2.05, 4.69) is 14.7 Å². The molecule has 0 spiro atoms. The van der Waals surface area contributed by atoms with Crippen LogP contribution in [0.2, 0.25) is 0 Å². The van der Waals surface area contributed by atoms with Crippen molar-refractivity contribution >= 4 is 11.0 Å². The van der Waals surface area contributed by atoms with Gasteiger partial charge in [0.15, 0.2) is 0 Å². The number of aromatic nitrogens is 2. The smallest absolute Gasteiger partial charge is 0.145 e. The minimum atomic E-state index is -1.17. The minimum Gasteiger partial charge on any atom is -0.242 e. The Labute approximate surface area is 104 Å². The van der Waals surface area contributed by atoms with Gasteiger partial charge < -0.3 is 0 Å². The molecule has 0 aliphatic rings. The highest BCUT2D eigenvalue weighted by Gasteiger charge is 2.22. The molecule has 0 bridgehead atoms.